The molecule has 0 aliphatic carbocycles. The Morgan fingerprint density at radius 3 is 2.46 bits per heavy atom. The number of nitrogens with two attached hydrogens (primary N) is 1. The van der Waals surface area contributed by atoms with Crippen LogP contribution in [0.1, 0.15) is 17.2 Å². The van der Waals surface area contributed by atoms with Crippen LogP contribution >= 0.6 is 11.6 Å². The molecule has 1 atom stereocenters. The second kappa shape index (κ2) is 4.03. The number of halogens is 3. The largest absolute Gasteiger partial charge is 0.319 e. The zero-order chi connectivity index (χ0) is 10.0. The highest BCUT2D eigenvalue weighted by atomic mass is 35.5. The Morgan fingerprint density at radius 2 is 2.00 bits per heavy atom. The average Bonchev–Trinajstić information content (AvgIpc) is 2.03. The van der Waals surface area contributed by atoms with Gasteiger partial charge in [-0.1, -0.05) is 23.7 Å². The first-order valence-corrected chi connectivity index (χ1v) is 4.20. The van der Waals surface area contributed by atoms with Crippen molar-refractivity contribution in [2.45, 2.75) is 19.4 Å². The van der Waals surface area contributed by atoms with Crippen LogP contribution in [-0.2, 0) is 0 Å². The number of rotatable bonds is 2. The van der Waals surface area contributed by atoms with Crippen LogP contribution in [0, 0.1) is 6.92 Å². The van der Waals surface area contributed by atoms with Gasteiger partial charge in [0.05, 0.1) is 6.04 Å². The van der Waals surface area contributed by atoms with Crippen LogP contribution in [-0.4, -0.2) is 6.43 Å². The van der Waals surface area contributed by atoms with E-state index < -0.39 is 12.5 Å². The minimum atomic E-state index is -2.58. The summed E-state index contributed by atoms with van der Waals surface area (Å²) in [5, 5.41) is 0.299. The van der Waals surface area contributed by atoms with E-state index >= 15 is 0 Å². The van der Waals surface area contributed by atoms with Gasteiger partial charge in [0.15, 0.2) is 0 Å². The third-order valence-corrected chi connectivity index (χ3v) is 2.21. The maximum absolute atomic E-state index is 12.3. The quantitative estimate of drug-likeness (QED) is 0.790. The third-order valence-electron chi connectivity index (χ3n) is 1.88. The molecule has 0 heterocycles. The van der Waals surface area contributed by atoms with Crippen molar-refractivity contribution >= 4 is 11.6 Å². The van der Waals surface area contributed by atoms with Crippen LogP contribution in [0.2, 0.25) is 5.02 Å². The highest BCUT2D eigenvalue weighted by Gasteiger charge is 2.21. The molecule has 0 saturated heterocycles. The third kappa shape index (κ3) is 2.17. The molecule has 0 bridgehead atoms. The van der Waals surface area contributed by atoms with Crippen molar-refractivity contribution in [1.82, 2.24) is 0 Å². The van der Waals surface area contributed by atoms with Gasteiger partial charge in [-0.05, 0) is 24.1 Å². The van der Waals surface area contributed by atoms with E-state index in [0.29, 0.717) is 16.1 Å². The first kappa shape index (κ1) is 10.4. The lowest BCUT2D eigenvalue weighted by Crippen LogP contribution is -2.20. The Morgan fingerprint density at radius 1 is 1.38 bits per heavy atom. The molecule has 13 heavy (non-hydrogen) atoms. The van der Waals surface area contributed by atoms with Gasteiger partial charge in [-0.25, -0.2) is 8.78 Å². The predicted molar refractivity (Wildman–Crippen MR) is 49.1 cm³/mol. The van der Waals surface area contributed by atoms with E-state index in [9.17, 15) is 8.78 Å². The van der Waals surface area contributed by atoms with E-state index in [1.807, 2.05) is 0 Å². The topological polar surface area (TPSA) is 26.0 Å². The summed E-state index contributed by atoms with van der Waals surface area (Å²) in [6.07, 6.45) is -2.58. The summed E-state index contributed by atoms with van der Waals surface area (Å²) in [6.45, 7) is 1.71. The van der Waals surface area contributed by atoms with Gasteiger partial charge >= 0.3 is 0 Å². The first-order valence-electron chi connectivity index (χ1n) is 3.82. The Hall–Kier alpha value is -0.670. The van der Waals surface area contributed by atoms with Crippen LogP contribution in [0.25, 0.3) is 0 Å². The number of benzene rings is 1. The van der Waals surface area contributed by atoms with Gasteiger partial charge in [-0.15, -0.1) is 0 Å². The molecule has 0 aromatic heterocycles. The minimum absolute atomic E-state index is 0.299. The number of aryl methyl sites for hydroxylation is 1. The Bertz CT molecular complexity index is 281. The van der Waals surface area contributed by atoms with Crippen LogP contribution in [0.5, 0.6) is 0 Å². The zero-order valence-corrected chi connectivity index (χ0v) is 7.85. The van der Waals surface area contributed by atoms with Crippen molar-refractivity contribution in [2.75, 3.05) is 0 Å². The molecule has 0 aliphatic heterocycles. The monoisotopic (exact) mass is 205 g/mol. The molecule has 1 rings (SSSR count). The molecule has 0 spiro atoms. The zero-order valence-electron chi connectivity index (χ0n) is 7.10. The smallest absolute Gasteiger partial charge is 0.257 e. The van der Waals surface area contributed by atoms with Crippen LogP contribution in [0.4, 0.5) is 8.78 Å². The van der Waals surface area contributed by atoms with Crippen molar-refractivity contribution in [2.24, 2.45) is 5.73 Å². The highest BCUT2D eigenvalue weighted by molar-refractivity contribution is 6.31. The molecule has 2 N–H and O–H groups in total. The van der Waals surface area contributed by atoms with Crippen molar-refractivity contribution in [3.63, 3.8) is 0 Å². The van der Waals surface area contributed by atoms with Gasteiger partial charge in [0, 0.05) is 5.02 Å². The van der Waals surface area contributed by atoms with Gasteiger partial charge in [-0.3, -0.25) is 0 Å². The van der Waals surface area contributed by atoms with E-state index in [-0.39, 0.29) is 0 Å². The number of alkyl halides is 2. The van der Waals surface area contributed by atoms with Crippen molar-refractivity contribution in [3.05, 3.63) is 34.3 Å². The van der Waals surface area contributed by atoms with Gasteiger partial charge in [0.2, 0.25) is 0 Å². The van der Waals surface area contributed by atoms with Gasteiger partial charge in [0.1, 0.15) is 0 Å². The summed E-state index contributed by atoms with van der Waals surface area (Å²) in [4.78, 5) is 0. The molecule has 0 fully saturated rings. The molecule has 72 valence electrons. The minimum Gasteiger partial charge on any atom is -0.319 e. The Balaban J connectivity index is 3.12. The maximum Gasteiger partial charge on any atom is 0.257 e. The molecule has 4 heteroatoms. The molecule has 0 amide bonds. The van der Waals surface area contributed by atoms with E-state index in [1.165, 1.54) is 0 Å². The lowest BCUT2D eigenvalue weighted by Gasteiger charge is -2.14. The summed E-state index contributed by atoms with van der Waals surface area (Å²) in [6, 6.07) is 3.68. The molecule has 0 saturated carbocycles. The Kier molecular flexibility index (Phi) is 3.22. The fraction of sp³-hybridized carbons (Fsp3) is 0.333. The fourth-order valence-corrected chi connectivity index (χ4v) is 1.54. The molecular formula is C9H10ClF2N. The van der Waals surface area contributed by atoms with Gasteiger partial charge in [0.25, 0.3) is 6.43 Å². The Labute approximate surface area is 80.5 Å². The van der Waals surface area contributed by atoms with E-state index in [4.69, 9.17) is 17.3 Å². The predicted octanol–water partition coefficient (Wildman–Crippen LogP) is 2.91. The second-order valence-electron chi connectivity index (χ2n) is 2.83. The molecule has 0 aliphatic rings. The summed E-state index contributed by atoms with van der Waals surface area (Å²) in [5.74, 6) is 0. The van der Waals surface area contributed by atoms with Crippen LogP contribution in [0.3, 0.4) is 0 Å². The number of hydrogen-bond acceptors (Lipinski definition) is 1. The van der Waals surface area contributed by atoms with E-state index in [0.717, 1.165) is 0 Å². The van der Waals surface area contributed by atoms with E-state index in [1.54, 1.807) is 25.1 Å². The number of hydrogen-bond donors (Lipinski definition) is 1. The standard InChI is InChI=1S/C9H10ClF2N/c1-5-3-2-4-6(10)7(5)8(13)9(11)12/h2-4,8-9H,13H2,1H3/t8-/m0/s1. The molecule has 0 unspecified atom stereocenters. The molecule has 1 aromatic rings. The summed E-state index contributed by atoms with van der Waals surface area (Å²) < 4.78 is 24.6. The van der Waals surface area contributed by atoms with E-state index in [2.05, 4.69) is 0 Å². The lowest BCUT2D eigenvalue weighted by atomic mass is 10.0. The SMILES string of the molecule is Cc1cccc(Cl)c1[C@H](N)C(F)F. The second-order valence-corrected chi connectivity index (χ2v) is 3.24. The molecule has 1 nitrogen and oxygen atoms in total. The summed E-state index contributed by atoms with van der Waals surface area (Å²) in [5.41, 5.74) is 6.33. The highest BCUT2D eigenvalue weighted by Crippen LogP contribution is 2.28. The summed E-state index contributed by atoms with van der Waals surface area (Å²) >= 11 is 5.76. The molecule has 1 aromatic carbocycles. The first-order chi connectivity index (χ1) is 6.04. The normalized spacial score (nSPS) is 13.4. The molecular weight excluding hydrogens is 196 g/mol. The van der Waals surface area contributed by atoms with Crippen molar-refractivity contribution in [1.29, 1.82) is 0 Å². The molecule has 0 radical (unpaired) electrons. The van der Waals surface area contributed by atoms with Crippen molar-refractivity contribution in [3.8, 4) is 0 Å². The summed E-state index contributed by atoms with van der Waals surface area (Å²) in [7, 11) is 0. The van der Waals surface area contributed by atoms with Gasteiger partial charge < -0.3 is 5.73 Å². The van der Waals surface area contributed by atoms with Crippen LogP contribution in [0.15, 0.2) is 18.2 Å². The lowest BCUT2D eigenvalue weighted by molar-refractivity contribution is 0.116. The van der Waals surface area contributed by atoms with Crippen molar-refractivity contribution < 1.29 is 8.78 Å². The maximum atomic E-state index is 12.3. The van der Waals surface area contributed by atoms with Gasteiger partial charge in [-0.2, -0.15) is 0 Å². The fourth-order valence-electron chi connectivity index (χ4n) is 1.19. The average molecular weight is 206 g/mol. The van der Waals surface area contributed by atoms with Crippen LogP contribution < -0.4 is 5.73 Å².